The molecule has 0 saturated carbocycles. The van der Waals surface area contributed by atoms with Gasteiger partial charge in [-0.15, -0.1) is 0 Å². The summed E-state index contributed by atoms with van der Waals surface area (Å²) in [7, 11) is 0. The summed E-state index contributed by atoms with van der Waals surface area (Å²) < 4.78 is 37.6. The van der Waals surface area contributed by atoms with E-state index in [0.717, 1.165) is 6.20 Å². The first-order chi connectivity index (χ1) is 11.7. The molecule has 0 unspecified atom stereocenters. The second-order valence-electron chi connectivity index (χ2n) is 5.08. The number of aryl methyl sites for hydroxylation is 1. The van der Waals surface area contributed by atoms with E-state index in [-0.39, 0.29) is 17.3 Å². The number of amides is 2. The van der Waals surface area contributed by atoms with Gasteiger partial charge in [0, 0.05) is 18.0 Å². The molecule has 0 bridgehead atoms. The Morgan fingerprint density at radius 1 is 1.36 bits per heavy atom. The van der Waals surface area contributed by atoms with Crippen LogP contribution in [0.2, 0.25) is 0 Å². The summed E-state index contributed by atoms with van der Waals surface area (Å²) in [6, 6.07) is 2.69. The predicted octanol–water partition coefficient (Wildman–Crippen LogP) is 1.22. The molecule has 0 atom stereocenters. The van der Waals surface area contributed by atoms with Crippen LogP contribution in [0.3, 0.4) is 0 Å². The van der Waals surface area contributed by atoms with Crippen molar-refractivity contribution in [2.24, 2.45) is 0 Å². The lowest BCUT2D eigenvalue weighted by Gasteiger charge is -2.07. The lowest BCUT2D eigenvalue weighted by atomic mass is 10.3. The summed E-state index contributed by atoms with van der Waals surface area (Å²) in [6.07, 6.45) is -1.99. The van der Waals surface area contributed by atoms with Gasteiger partial charge in [0.2, 0.25) is 5.91 Å². The molecule has 0 aliphatic heterocycles. The molecule has 0 aliphatic rings. The second-order valence-corrected chi connectivity index (χ2v) is 5.08. The van der Waals surface area contributed by atoms with Crippen molar-refractivity contribution in [3.63, 3.8) is 0 Å². The van der Waals surface area contributed by atoms with Crippen molar-refractivity contribution in [1.82, 2.24) is 20.1 Å². The monoisotopic (exact) mass is 357 g/mol. The van der Waals surface area contributed by atoms with Crippen LogP contribution in [0.1, 0.15) is 16.1 Å². The average molecular weight is 357 g/mol. The number of hydrogen-bond acceptors (Lipinski definition) is 5. The van der Waals surface area contributed by atoms with Gasteiger partial charge >= 0.3 is 6.18 Å². The first kappa shape index (κ1) is 18.2. The number of carbonyl (C=O) groups excluding carboxylic acids is 2. The molecule has 3 N–H and O–H groups in total. The number of aromatic nitrogens is 3. The predicted molar refractivity (Wildman–Crippen MR) is 79.9 cm³/mol. The van der Waals surface area contributed by atoms with Crippen molar-refractivity contribution in [1.29, 1.82) is 0 Å². The normalized spacial score (nSPS) is 11.2. The molecule has 134 valence electrons. The van der Waals surface area contributed by atoms with Crippen molar-refractivity contribution < 1.29 is 27.9 Å². The van der Waals surface area contributed by atoms with E-state index in [4.69, 9.17) is 0 Å². The van der Waals surface area contributed by atoms with Crippen LogP contribution in [0, 0.1) is 6.92 Å². The topological polar surface area (TPSA) is 109 Å². The first-order valence-electron chi connectivity index (χ1n) is 6.98. The van der Waals surface area contributed by atoms with E-state index in [1.54, 1.807) is 0 Å². The maximum Gasteiger partial charge on any atom is 0.408 e. The van der Waals surface area contributed by atoms with Gasteiger partial charge in [-0.05, 0) is 19.1 Å². The van der Waals surface area contributed by atoms with Crippen LogP contribution in [0.5, 0.6) is 5.75 Å². The zero-order chi connectivity index (χ0) is 18.6. The number of nitrogens with zero attached hydrogens (tertiary/aromatic N) is 3. The maximum absolute atomic E-state index is 12.3. The van der Waals surface area contributed by atoms with Crippen LogP contribution >= 0.6 is 0 Å². The van der Waals surface area contributed by atoms with Crippen LogP contribution in [0.4, 0.5) is 19.0 Å². The number of rotatable bonds is 5. The smallest absolute Gasteiger partial charge is 0.408 e. The summed E-state index contributed by atoms with van der Waals surface area (Å²) in [5, 5.41) is 17.7. The molecule has 2 rings (SSSR count). The number of pyridine rings is 1. The number of halogens is 3. The largest absolute Gasteiger partial charge is 0.505 e. The average Bonchev–Trinajstić information content (AvgIpc) is 2.82. The van der Waals surface area contributed by atoms with Gasteiger partial charge in [-0.3, -0.25) is 14.3 Å². The molecular weight excluding hydrogens is 343 g/mol. The van der Waals surface area contributed by atoms with Gasteiger partial charge in [-0.25, -0.2) is 4.98 Å². The molecule has 0 saturated heterocycles. The molecule has 2 aromatic rings. The van der Waals surface area contributed by atoms with E-state index in [1.165, 1.54) is 25.3 Å². The molecule has 0 spiro atoms. The minimum atomic E-state index is -4.43. The number of nitrogens with one attached hydrogen (secondary N) is 2. The molecule has 0 aromatic carbocycles. The molecule has 2 aromatic heterocycles. The number of alkyl halides is 3. The van der Waals surface area contributed by atoms with Crippen LogP contribution in [0.15, 0.2) is 24.5 Å². The first-order valence-corrected chi connectivity index (χ1v) is 6.98. The fourth-order valence-electron chi connectivity index (χ4n) is 1.90. The highest BCUT2D eigenvalue weighted by molar-refractivity contribution is 5.99. The van der Waals surface area contributed by atoms with Crippen molar-refractivity contribution in [3.05, 3.63) is 35.8 Å². The Hall–Kier alpha value is -3.11. The quantitative estimate of drug-likeness (QED) is 0.746. The van der Waals surface area contributed by atoms with Gasteiger partial charge in [0.1, 0.15) is 12.3 Å². The zero-order valence-corrected chi connectivity index (χ0v) is 13.0. The van der Waals surface area contributed by atoms with Gasteiger partial charge in [-0.1, -0.05) is 0 Å². The molecule has 8 nitrogen and oxygen atoms in total. The van der Waals surface area contributed by atoms with Crippen molar-refractivity contribution >= 4 is 17.6 Å². The summed E-state index contributed by atoms with van der Waals surface area (Å²) in [4.78, 5) is 27.3. The SMILES string of the molecule is Cc1cn(CC(F)(F)F)nc1NC(=O)CNC(=O)c1ncccc1O. The van der Waals surface area contributed by atoms with Gasteiger partial charge in [0.15, 0.2) is 11.5 Å². The van der Waals surface area contributed by atoms with E-state index in [9.17, 15) is 27.9 Å². The molecule has 0 aliphatic carbocycles. The Labute approximate surface area is 139 Å². The Bertz CT molecular complexity index is 788. The third kappa shape index (κ3) is 5.19. The van der Waals surface area contributed by atoms with Gasteiger partial charge in [0.25, 0.3) is 5.91 Å². The lowest BCUT2D eigenvalue weighted by molar-refractivity contribution is -0.142. The summed E-state index contributed by atoms with van der Waals surface area (Å²) >= 11 is 0. The van der Waals surface area contributed by atoms with Crippen molar-refractivity contribution in [2.45, 2.75) is 19.6 Å². The van der Waals surface area contributed by atoms with Crippen LogP contribution in [-0.4, -0.2) is 44.4 Å². The zero-order valence-electron chi connectivity index (χ0n) is 13.0. The highest BCUT2D eigenvalue weighted by atomic mass is 19.4. The Morgan fingerprint density at radius 2 is 2.08 bits per heavy atom. The number of carbonyl (C=O) groups is 2. The Morgan fingerprint density at radius 3 is 2.72 bits per heavy atom. The van der Waals surface area contributed by atoms with E-state index in [1.807, 2.05) is 0 Å². The van der Waals surface area contributed by atoms with Crippen LogP contribution < -0.4 is 10.6 Å². The van der Waals surface area contributed by atoms with Crippen molar-refractivity contribution in [3.8, 4) is 5.75 Å². The highest BCUT2D eigenvalue weighted by Gasteiger charge is 2.29. The third-order valence-electron chi connectivity index (χ3n) is 2.95. The molecule has 25 heavy (non-hydrogen) atoms. The fraction of sp³-hybridized carbons (Fsp3) is 0.286. The molecule has 0 fully saturated rings. The van der Waals surface area contributed by atoms with E-state index in [2.05, 4.69) is 20.7 Å². The molecule has 11 heteroatoms. The standard InChI is InChI=1S/C14H14F3N5O3/c1-8-6-22(7-14(15,16)17)21-12(8)20-10(24)5-19-13(25)11-9(23)3-2-4-18-11/h2-4,6,23H,5,7H2,1H3,(H,19,25)(H,20,21,24). The van der Waals surface area contributed by atoms with Gasteiger partial charge in [-0.2, -0.15) is 18.3 Å². The molecule has 2 heterocycles. The van der Waals surface area contributed by atoms with Crippen molar-refractivity contribution in [2.75, 3.05) is 11.9 Å². The Kier molecular flexibility index (Phi) is 5.25. The highest BCUT2D eigenvalue weighted by Crippen LogP contribution is 2.19. The van der Waals surface area contributed by atoms with Gasteiger partial charge < -0.3 is 15.7 Å². The molecule has 0 radical (unpaired) electrons. The second kappa shape index (κ2) is 7.20. The molecular formula is C14H14F3N5O3. The number of aromatic hydroxyl groups is 1. The van der Waals surface area contributed by atoms with Gasteiger partial charge in [0.05, 0.1) is 6.54 Å². The molecule has 2 amide bonds. The third-order valence-corrected chi connectivity index (χ3v) is 2.95. The summed E-state index contributed by atoms with van der Waals surface area (Å²) in [6.45, 7) is -0.264. The Balaban J connectivity index is 1.92. The number of anilines is 1. The number of hydrogen-bond donors (Lipinski definition) is 3. The summed E-state index contributed by atoms with van der Waals surface area (Å²) in [5.74, 6) is -1.84. The van der Waals surface area contributed by atoms with Crippen LogP contribution in [-0.2, 0) is 11.3 Å². The maximum atomic E-state index is 12.3. The van der Waals surface area contributed by atoms with E-state index >= 15 is 0 Å². The summed E-state index contributed by atoms with van der Waals surface area (Å²) in [5.41, 5.74) is 0.0900. The van der Waals surface area contributed by atoms with E-state index < -0.39 is 31.1 Å². The van der Waals surface area contributed by atoms with E-state index in [0.29, 0.717) is 10.2 Å². The minimum absolute atomic E-state index is 0.0378. The fourth-order valence-corrected chi connectivity index (χ4v) is 1.90. The lowest BCUT2D eigenvalue weighted by Crippen LogP contribution is -2.33. The minimum Gasteiger partial charge on any atom is -0.505 e. The van der Waals surface area contributed by atoms with Crippen LogP contribution in [0.25, 0.3) is 0 Å².